The molecular weight excluding hydrogens is 254 g/mol. The number of aromatic nitrogens is 2. The first-order valence-corrected chi connectivity index (χ1v) is 6.89. The topological polar surface area (TPSA) is 58.4 Å². The minimum atomic E-state index is -0.337. The van der Waals surface area contributed by atoms with E-state index in [1.165, 1.54) is 0 Å². The molecule has 1 unspecified atom stereocenters. The van der Waals surface area contributed by atoms with Gasteiger partial charge in [0.2, 0.25) is 5.91 Å². The fourth-order valence-corrected chi connectivity index (χ4v) is 2.38. The smallest absolute Gasteiger partial charge is 0.245 e. The predicted molar refractivity (Wildman–Crippen MR) is 78.4 cm³/mol. The lowest BCUT2D eigenvalue weighted by molar-refractivity contribution is -0.136. The van der Waals surface area contributed by atoms with Crippen LogP contribution in [0.5, 0.6) is 0 Å². The lowest BCUT2D eigenvalue weighted by atomic mass is 10.2. The zero-order valence-electron chi connectivity index (χ0n) is 12.2. The molecule has 0 spiro atoms. The number of fused-ring (bicyclic) bond motifs is 1. The second kappa shape index (κ2) is 6.05. The summed E-state index contributed by atoms with van der Waals surface area (Å²) in [7, 11) is 0. The van der Waals surface area contributed by atoms with Crippen LogP contribution in [0.3, 0.4) is 0 Å². The third-order valence-electron chi connectivity index (χ3n) is 3.50. The van der Waals surface area contributed by atoms with Crippen LogP contribution in [0.15, 0.2) is 30.6 Å². The third kappa shape index (κ3) is 2.67. The molecular formula is C15H21N3O2. The molecule has 1 N–H and O–H groups in total. The Bertz CT molecular complexity index is 592. The minimum Gasteiger partial charge on any atom is -0.395 e. The second-order valence-corrected chi connectivity index (χ2v) is 5.17. The van der Waals surface area contributed by atoms with Crippen LogP contribution >= 0.6 is 0 Å². The zero-order chi connectivity index (χ0) is 14.7. The molecule has 0 aliphatic heterocycles. The number of rotatable bonds is 5. The van der Waals surface area contributed by atoms with Gasteiger partial charge in [0.15, 0.2) is 0 Å². The summed E-state index contributed by atoms with van der Waals surface area (Å²) < 4.78 is 1.88. The number of para-hydroxylation sites is 2. The van der Waals surface area contributed by atoms with Crippen LogP contribution < -0.4 is 0 Å². The first-order valence-electron chi connectivity index (χ1n) is 6.89. The first-order chi connectivity index (χ1) is 9.56. The molecule has 0 saturated heterocycles. The van der Waals surface area contributed by atoms with Crippen LogP contribution in [0.2, 0.25) is 0 Å². The van der Waals surface area contributed by atoms with Gasteiger partial charge >= 0.3 is 0 Å². The third-order valence-corrected chi connectivity index (χ3v) is 3.50. The minimum absolute atomic E-state index is 0.00259. The van der Waals surface area contributed by atoms with E-state index in [1.807, 2.05) is 49.6 Å². The molecule has 0 aliphatic carbocycles. The number of aliphatic hydroxyl groups excluding tert-OH is 1. The Morgan fingerprint density at radius 3 is 2.70 bits per heavy atom. The van der Waals surface area contributed by atoms with Crippen LogP contribution in [0, 0.1) is 0 Å². The van der Waals surface area contributed by atoms with Crippen LogP contribution in [0.1, 0.15) is 26.8 Å². The van der Waals surface area contributed by atoms with Gasteiger partial charge in [0, 0.05) is 12.6 Å². The first kappa shape index (κ1) is 14.5. The summed E-state index contributed by atoms with van der Waals surface area (Å²) in [5, 5.41) is 9.11. The van der Waals surface area contributed by atoms with Gasteiger partial charge in [-0.1, -0.05) is 12.1 Å². The highest BCUT2D eigenvalue weighted by Crippen LogP contribution is 2.19. The summed E-state index contributed by atoms with van der Waals surface area (Å²) >= 11 is 0. The SMILES string of the molecule is CC(C)N(CCO)C(=O)C(C)n1cnc2ccccc21. The molecule has 1 heterocycles. The van der Waals surface area contributed by atoms with E-state index in [4.69, 9.17) is 5.11 Å². The summed E-state index contributed by atoms with van der Waals surface area (Å²) in [6.45, 7) is 6.09. The molecule has 20 heavy (non-hydrogen) atoms. The van der Waals surface area contributed by atoms with Gasteiger partial charge in [0.1, 0.15) is 6.04 Å². The van der Waals surface area contributed by atoms with E-state index < -0.39 is 0 Å². The summed E-state index contributed by atoms with van der Waals surface area (Å²) in [5.41, 5.74) is 1.83. The fraction of sp³-hybridized carbons (Fsp3) is 0.467. The van der Waals surface area contributed by atoms with Crippen molar-refractivity contribution in [1.29, 1.82) is 0 Å². The number of amides is 1. The lowest BCUT2D eigenvalue weighted by Crippen LogP contribution is -2.42. The number of benzene rings is 1. The number of aliphatic hydroxyl groups is 1. The molecule has 1 amide bonds. The highest BCUT2D eigenvalue weighted by Gasteiger charge is 2.24. The maximum absolute atomic E-state index is 12.6. The Balaban J connectivity index is 2.30. The summed E-state index contributed by atoms with van der Waals surface area (Å²) in [6, 6.07) is 7.47. The molecule has 0 bridgehead atoms. The molecule has 108 valence electrons. The number of hydrogen-bond acceptors (Lipinski definition) is 3. The van der Waals surface area contributed by atoms with Gasteiger partial charge in [-0.15, -0.1) is 0 Å². The van der Waals surface area contributed by atoms with Crippen molar-refractivity contribution in [3.8, 4) is 0 Å². The quantitative estimate of drug-likeness (QED) is 0.905. The van der Waals surface area contributed by atoms with Gasteiger partial charge in [-0.2, -0.15) is 0 Å². The molecule has 0 fully saturated rings. The van der Waals surface area contributed by atoms with Gasteiger partial charge in [0.05, 0.1) is 24.0 Å². The standard InChI is InChI=1S/C15H21N3O2/c1-11(2)17(8-9-19)15(20)12(3)18-10-16-13-6-4-5-7-14(13)18/h4-7,10-12,19H,8-9H2,1-3H3. The number of nitrogens with zero attached hydrogens (tertiary/aromatic N) is 3. The van der Waals surface area contributed by atoms with Crippen molar-refractivity contribution in [2.75, 3.05) is 13.2 Å². The molecule has 5 nitrogen and oxygen atoms in total. The molecule has 5 heteroatoms. The zero-order valence-corrected chi connectivity index (χ0v) is 12.2. The number of imidazole rings is 1. The van der Waals surface area contributed by atoms with Crippen molar-refractivity contribution in [2.24, 2.45) is 0 Å². The van der Waals surface area contributed by atoms with E-state index in [1.54, 1.807) is 11.2 Å². The van der Waals surface area contributed by atoms with Crippen LogP contribution in [-0.2, 0) is 4.79 Å². The van der Waals surface area contributed by atoms with Gasteiger partial charge in [-0.3, -0.25) is 4.79 Å². The van der Waals surface area contributed by atoms with E-state index in [9.17, 15) is 4.79 Å². The molecule has 1 atom stereocenters. The van der Waals surface area contributed by atoms with Gasteiger partial charge in [-0.25, -0.2) is 4.98 Å². The van der Waals surface area contributed by atoms with Gasteiger partial charge < -0.3 is 14.6 Å². The highest BCUT2D eigenvalue weighted by molar-refractivity contribution is 5.83. The molecule has 0 saturated carbocycles. The Labute approximate surface area is 118 Å². The number of carbonyl (C=O) groups is 1. The van der Waals surface area contributed by atoms with Crippen molar-refractivity contribution >= 4 is 16.9 Å². The van der Waals surface area contributed by atoms with Gasteiger partial charge in [0.25, 0.3) is 0 Å². The van der Waals surface area contributed by atoms with Crippen molar-refractivity contribution < 1.29 is 9.90 Å². The predicted octanol–water partition coefficient (Wildman–Crippen LogP) is 1.83. The molecule has 1 aromatic heterocycles. The van der Waals surface area contributed by atoms with E-state index >= 15 is 0 Å². The van der Waals surface area contributed by atoms with Crippen LogP contribution in [0.4, 0.5) is 0 Å². The van der Waals surface area contributed by atoms with E-state index in [0.717, 1.165) is 11.0 Å². The summed E-state index contributed by atoms with van der Waals surface area (Å²) in [4.78, 5) is 18.6. The molecule has 1 aromatic carbocycles. The number of hydrogen-bond donors (Lipinski definition) is 1. The molecule has 2 aromatic rings. The average molecular weight is 275 g/mol. The molecule has 0 aliphatic rings. The Morgan fingerprint density at radius 2 is 2.05 bits per heavy atom. The van der Waals surface area contributed by atoms with Crippen LogP contribution in [-0.4, -0.2) is 44.7 Å². The average Bonchev–Trinajstić information content (AvgIpc) is 2.86. The normalized spacial score (nSPS) is 12.8. The molecule has 2 rings (SSSR count). The fourth-order valence-electron chi connectivity index (χ4n) is 2.38. The summed E-state index contributed by atoms with van der Waals surface area (Å²) in [6.07, 6.45) is 1.70. The maximum Gasteiger partial charge on any atom is 0.245 e. The Hall–Kier alpha value is -1.88. The maximum atomic E-state index is 12.6. The van der Waals surface area contributed by atoms with Gasteiger partial charge in [-0.05, 0) is 32.9 Å². The Morgan fingerprint density at radius 1 is 1.35 bits per heavy atom. The summed E-state index contributed by atoms with van der Waals surface area (Å²) in [5.74, 6) is -0.00259. The second-order valence-electron chi connectivity index (χ2n) is 5.17. The van der Waals surface area contributed by atoms with E-state index in [2.05, 4.69) is 4.98 Å². The largest absolute Gasteiger partial charge is 0.395 e. The van der Waals surface area contributed by atoms with Crippen molar-refractivity contribution in [2.45, 2.75) is 32.9 Å². The highest BCUT2D eigenvalue weighted by atomic mass is 16.3. The molecule has 0 radical (unpaired) electrons. The van der Waals surface area contributed by atoms with Crippen molar-refractivity contribution in [3.05, 3.63) is 30.6 Å². The van der Waals surface area contributed by atoms with Crippen LogP contribution in [0.25, 0.3) is 11.0 Å². The lowest BCUT2D eigenvalue weighted by Gasteiger charge is -2.29. The van der Waals surface area contributed by atoms with Crippen molar-refractivity contribution in [3.63, 3.8) is 0 Å². The monoisotopic (exact) mass is 275 g/mol. The van der Waals surface area contributed by atoms with E-state index in [-0.39, 0.29) is 24.6 Å². The van der Waals surface area contributed by atoms with E-state index in [0.29, 0.717) is 6.54 Å². The Kier molecular flexibility index (Phi) is 4.39. The number of carbonyl (C=O) groups excluding carboxylic acids is 1. The van der Waals surface area contributed by atoms with Crippen molar-refractivity contribution in [1.82, 2.24) is 14.5 Å².